The maximum absolute atomic E-state index is 13.0. The molecule has 2 aromatic rings. The highest BCUT2D eigenvalue weighted by atomic mass is 19.4. The highest BCUT2D eigenvalue weighted by Crippen LogP contribution is 2.46. The quantitative estimate of drug-likeness (QED) is 0.816. The fourth-order valence-electron chi connectivity index (χ4n) is 3.87. The smallest absolute Gasteiger partial charge is 0.416 e. The maximum Gasteiger partial charge on any atom is 0.416 e. The van der Waals surface area contributed by atoms with Crippen LogP contribution in [0.15, 0.2) is 71.2 Å². The lowest BCUT2D eigenvalue weighted by molar-refractivity contribution is -0.137. The van der Waals surface area contributed by atoms with Crippen LogP contribution in [0.1, 0.15) is 24.0 Å². The molecule has 0 spiro atoms. The van der Waals surface area contributed by atoms with Gasteiger partial charge in [0.25, 0.3) is 0 Å². The molecule has 3 atom stereocenters. The molecule has 148 valence electrons. The van der Waals surface area contributed by atoms with Gasteiger partial charge in [-0.2, -0.15) is 23.5 Å². The predicted octanol–water partition coefficient (Wildman–Crippen LogP) is 4.35. The standard InChI is InChI=1S/C21H17F3N4O/c1-12-17-18(13-7-9-14(10-8-13)21(22,23)24)16(11-25)19(26)29-20(17)28(27-12)15-5-3-2-4-6-15/h2-10,17-18,20H,26H2,1H3/t17-,18+,20-/m0/s1. The molecule has 0 aliphatic carbocycles. The van der Waals surface area contributed by atoms with E-state index in [9.17, 15) is 18.4 Å². The first-order chi connectivity index (χ1) is 13.8. The van der Waals surface area contributed by atoms with Crippen LogP contribution in [0.4, 0.5) is 18.9 Å². The van der Waals surface area contributed by atoms with E-state index in [1.54, 1.807) is 5.01 Å². The van der Waals surface area contributed by atoms with E-state index in [2.05, 4.69) is 11.2 Å². The highest BCUT2D eigenvalue weighted by Gasteiger charge is 2.49. The normalized spacial score (nSPS) is 23.9. The summed E-state index contributed by atoms with van der Waals surface area (Å²) in [5.74, 6) is -0.961. The van der Waals surface area contributed by atoms with Gasteiger partial charge in [0.2, 0.25) is 12.1 Å². The van der Waals surface area contributed by atoms with Crippen molar-refractivity contribution in [2.45, 2.75) is 25.2 Å². The second-order valence-corrected chi connectivity index (χ2v) is 6.94. The molecule has 0 bridgehead atoms. The van der Waals surface area contributed by atoms with Crippen LogP contribution in [0.3, 0.4) is 0 Å². The number of rotatable bonds is 2. The summed E-state index contributed by atoms with van der Waals surface area (Å²) in [4.78, 5) is 0. The van der Waals surface area contributed by atoms with Crippen molar-refractivity contribution >= 4 is 11.4 Å². The molecule has 2 aromatic carbocycles. The number of nitrogens with zero attached hydrogens (tertiary/aromatic N) is 3. The van der Waals surface area contributed by atoms with Crippen LogP contribution in [-0.2, 0) is 10.9 Å². The summed E-state index contributed by atoms with van der Waals surface area (Å²) < 4.78 is 44.7. The Morgan fingerprint density at radius 1 is 1.10 bits per heavy atom. The summed E-state index contributed by atoms with van der Waals surface area (Å²) in [5.41, 5.74) is 7.54. The number of fused-ring (bicyclic) bond motifs is 1. The number of anilines is 1. The molecule has 0 saturated carbocycles. The summed E-state index contributed by atoms with van der Waals surface area (Å²) in [7, 11) is 0. The van der Waals surface area contributed by atoms with Gasteiger partial charge in [0.05, 0.1) is 22.7 Å². The van der Waals surface area contributed by atoms with Gasteiger partial charge in [-0.05, 0) is 36.8 Å². The largest absolute Gasteiger partial charge is 0.452 e. The molecule has 29 heavy (non-hydrogen) atoms. The molecule has 0 fully saturated rings. The first-order valence-corrected chi connectivity index (χ1v) is 8.94. The van der Waals surface area contributed by atoms with Gasteiger partial charge in [-0.25, -0.2) is 5.01 Å². The number of hydrazone groups is 1. The van der Waals surface area contributed by atoms with Crippen molar-refractivity contribution in [2.24, 2.45) is 16.8 Å². The van der Waals surface area contributed by atoms with E-state index in [0.717, 1.165) is 17.8 Å². The Hall–Kier alpha value is -3.47. The van der Waals surface area contributed by atoms with E-state index in [1.807, 2.05) is 37.3 Å². The van der Waals surface area contributed by atoms with Crippen molar-refractivity contribution in [2.75, 3.05) is 5.01 Å². The van der Waals surface area contributed by atoms with Gasteiger partial charge in [0.1, 0.15) is 6.07 Å². The third kappa shape index (κ3) is 3.18. The van der Waals surface area contributed by atoms with Gasteiger partial charge < -0.3 is 10.5 Å². The number of hydrogen-bond donors (Lipinski definition) is 1. The molecule has 4 rings (SSSR count). The summed E-state index contributed by atoms with van der Waals surface area (Å²) in [6, 6.07) is 16.2. The van der Waals surface area contributed by atoms with Crippen LogP contribution < -0.4 is 10.7 Å². The third-order valence-electron chi connectivity index (χ3n) is 5.22. The first kappa shape index (κ1) is 18.9. The fourth-order valence-corrected chi connectivity index (χ4v) is 3.87. The summed E-state index contributed by atoms with van der Waals surface area (Å²) >= 11 is 0. The molecule has 2 aliphatic heterocycles. The van der Waals surface area contributed by atoms with E-state index < -0.39 is 23.9 Å². The number of para-hydroxylation sites is 1. The molecule has 0 amide bonds. The molecule has 2 heterocycles. The zero-order valence-electron chi connectivity index (χ0n) is 15.4. The van der Waals surface area contributed by atoms with Gasteiger partial charge in [0.15, 0.2) is 0 Å². The number of alkyl halides is 3. The number of benzene rings is 2. The molecule has 2 aliphatic rings. The summed E-state index contributed by atoms with van der Waals surface area (Å²) in [6.07, 6.45) is -5.03. The van der Waals surface area contributed by atoms with Crippen molar-refractivity contribution in [1.82, 2.24) is 0 Å². The number of allylic oxidation sites excluding steroid dienone is 1. The van der Waals surface area contributed by atoms with Crippen LogP contribution in [0, 0.1) is 17.2 Å². The molecule has 0 saturated heterocycles. The first-order valence-electron chi connectivity index (χ1n) is 8.94. The molecule has 8 heteroatoms. The van der Waals surface area contributed by atoms with Crippen LogP contribution in [0.25, 0.3) is 0 Å². The average Bonchev–Trinajstić information content (AvgIpc) is 3.03. The molecule has 5 nitrogen and oxygen atoms in total. The Kier molecular flexibility index (Phi) is 4.46. The van der Waals surface area contributed by atoms with E-state index in [1.165, 1.54) is 12.1 Å². The Morgan fingerprint density at radius 3 is 2.34 bits per heavy atom. The van der Waals surface area contributed by atoms with Crippen molar-refractivity contribution in [3.63, 3.8) is 0 Å². The number of ether oxygens (including phenoxy) is 1. The van der Waals surface area contributed by atoms with Gasteiger partial charge in [0, 0.05) is 11.6 Å². The highest BCUT2D eigenvalue weighted by molar-refractivity contribution is 5.90. The minimum absolute atomic E-state index is 0.0375. The van der Waals surface area contributed by atoms with Gasteiger partial charge in [-0.15, -0.1) is 0 Å². The van der Waals surface area contributed by atoms with Crippen LogP contribution in [0.2, 0.25) is 0 Å². The molecule has 0 unspecified atom stereocenters. The zero-order chi connectivity index (χ0) is 20.8. The number of nitriles is 1. The van der Waals surface area contributed by atoms with E-state index in [0.29, 0.717) is 11.3 Å². The lowest BCUT2D eigenvalue weighted by atomic mass is 9.76. The molecule has 0 aromatic heterocycles. The predicted molar refractivity (Wildman–Crippen MR) is 101 cm³/mol. The lowest BCUT2D eigenvalue weighted by Gasteiger charge is -2.37. The zero-order valence-corrected chi connectivity index (χ0v) is 15.4. The minimum atomic E-state index is -4.43. The SMILES string of the molecule is CC1=NN(c2ccccc2)[C@H]2OC(N)=C(C#N)[C@@H](c3ccc(C(F)(F)F)cc3)[C@H]12. The average molecular weight is 398 g/mol. The van der Waals surface area contributed by atoms with Crippen LogP contribution in [-0.4, -0.2) is 11.9 Å². The maximum atomic E-state index is 13.0. The Labute approximate surface area is 165 Å². The topological polar surface area (TPSA) is 74.6 Å². The second-order valence-electron chi connectivity index (χ2n) is 6.94. The minimum Gasteiger partial charge on any atom is -0.452 e. The summed E-state index contributed by atoms with van der Waals surface area (Å²) in [5, 5.41) is 15.9. The van der Waals surface area contributed by atoms with Gasteiger partial charge >= 0.3 is 6.18 Å². The molecular weight excluding hydrogens is 381 g/mol. The summed E-state index contributed by atoms with van der Waals surface area (Å²) in [6.45, 7) is 1.82. The van der Waals surface area contributed by atoms with Crippen LogP contribution in [0.5, 0.6) is 0 Å². The molecular formula is C21H17F3N4O. The van der Waals surface area contributed by atoms with Crippen molar-refractivity contribution in [3.8, 4) is 6.07 Å². The second kappa shape index (κ2) is 6.85. The Balaban J connectivity index is 1.78. The van der Waals surface area contributed by atoms with E-state index in [4.69, 9.17) is 10.5 Å². The van der Waals surface area contributed by atoms with Crippen molar-refractivity contribution in [3.05, 3.63) is 77.2 Å². The lowest BCUT2D eigenvalue weighted by Crippen LogP contribution is -2.43. The van der Waals surface area contributed by atoms with Gasteiger partial charge in [-0.3, -0.25) is 0 Å². The Bertz CT molecular complexity index is 1020. The van der Waals surface area contributed by atoms with Gasteiger partial charge in [-0.1, -0.05) is 30.3 Å². The number of nitrogens with two attached hydrogens (primary N) is 1. The third-order valence-corrected chi connectivity index (χ3v) is 5.22. The molecule has 2 N–H and O–H groups in total. The van der Waals surface area contributed by atoms with E-state index >= 15 is 0 Å². The van der Waals surface area contributed by atoms with Crippen molar-refractivity contribution < 1.29 is 17.9 Å². The Morgan fingerprint density at radius 2 is 1.76 bits per heavy atom. The van der Waals surface area contributed by atoms with Crippen molar-refractivity contribution in [1.29, 1.82) is 5.26 Å². The molecule has 0 radical (unpaired) electrons. The number of halogens is 3. The van der Waals surface area contributed by atoms with Crippen LogP contribution >= 0.6 is 0 Å². The monoisotopic (exact) mass is 398 g/mol. The van der Waals surface area contributed by atoms with E-state index in [-0.39, 0.29) is 17.4 Å². The fraction of sp³-hybridized carbons (Fsp3) is 0.238. The number of hydrogen-bond acceptors (Lipinski definition) is 5.